The molecule has 1 atom stereocenters. The Balaban J connectivity index is 2.06. The highest BCUT2D eigenvalue weighted by atomic mass is 32.2. The van der Waals surface area contributed by atoms with E-state index < -0.39 is 45.7 Å². The number of nitrogens with two attached hydrogens (primary N) is 1. The molecule has 12 heteroatoms. The van der Waals surface area contributed by atoms with Crippen LogP contribution in [0.2, 0.25) is 0 Å². The SMILES string of the molecule is CC(C)CS(=O)(=O)C[CH]C(=O)N[C@@H](CC(N)=O)C(=O)c1noc(-c2ccsc2)n1. The monoisotopic (exact) mass is 441 g/mol. The molecule has 0 spiro atoms. The number of carbonyl (C=O) groups excluding carboxylic acids is 3. The van der Waals surface area contributed by atoms with Crippen molar-refractivity contribution in [3.8, 4) is 11.5 Å². The summed E-state index contributed by atoms with van der Waals surface area (Å²) in [4.78, 5) is 40.0. The maximum atomic E-state index is 12.6. The third kappa shape index (κ3) is 7.06. The van der Waals surface area contributed by atoms with Crippen molar-refractivity contribution >= 4 is 38.8 Å². The first-order valence-electron chi connectivity index (χ1n) is 8.60. The fourth-order valence-electron chi connectivity index (χ4n) is 2.40. The number of aromatic nitrogens is 2. The molecule has 0 aliphatic rings. The topological polar surface area (TPSA) is 162 Å². The smallest absolute Gasteiger partial charge is 0.259 e. The van der Waals surface area contributed by atoms with E-state index in [9.17, 15) is 22.8 Å². The zero-order chi connectivity index (χ0) is 21.6. The van der Waals surface area contributed by atoms with E-state index in [2.05, 4.69) is 15.5 Å². The molecule has 2 rings (SSSR count). The molecule has 1 radical (unpaired) electrons. The van der Waals surface area contributed by atoms with E-state index in [0.29, 0.717) is 5.56 Å². The molecular weight excluding hydrogens is 420 g/mol. The van der Waals surface area contributed by atoms with Crippen LogP contribution in [0, 0.1) is 12.3 Å². The first-order chi connectivity index (χ1) is 13.6. The third-order valence-corrected chi connectivity index (χ3v) is 6.10. The van der Waals surface area contributed by atoms with Crippen LogP contribution in [0.1, 0.15) is 30.9 Å². The number of nitrogens with zero attached hydrogens (tertiary/aromatic N) is 2. The highest BCUT2D eigenvalue weighted by Gasteiger charge is 2.29. The number of sulfone groups is 1. The van der Waals surface area contributed by atoms with Gasteiger partial charge in [0.2, 0.25) is 23.4 Å². The van der Waals surface area contributed by atoms with Crippen molar-refractivity contribution < 1.29 is 27.3 Å². The van der Waals surface area contributed by atoms with Gasteiger partial charge < -0.3 is 15.6 Å². The lowest BCUT2D eigenvalue weighted by Crippen LogP contribution is -2.44. The van der Waals surface area contributed by atoms with Gasteiger partial charge in [0.25, 0.3) is 5.89 Å². The molecular formula is C17H21N4O6S2. The van der Waals surface area contributed by atoms with Crippen molar-refractivity contribution in [2.45, 2.75) is 26.3 Å². The Bertz CT molecular complexity index is 966. The Kier molecular flexibility index (Phi) is 7.62. The van der Waals surface area contributed by atoms with Crippen LogP contribution in [0.15, 0.2) is 21.3 Å². The van der Waals surface area contributed by atoms with Gasteiger partial charge in [-0.2, -0.15) is 16.3 Å². The van der Waals surface area contributed by atoms with Gasteiger partial charge in [-0.15, -0.1) is 0 Å². The van der Waals surface area contributed by atoms with Gasteiger partial charge in [0.1, 0.15) is 6.04 Å². The van der Waals surface area contributed by atoms with E-state index in [1.165, 1.54) is 11.3 Å². The van der Waals surface area contributed by atoms with Gasteiger partial charge in [-0.1, -0.05) is 19.0 Å². The molecule has 2 amide bonds. The van der Waals surface area contributed by atoms with E-state index in [0.717, 1.165) is 6.42 Å². The Morgan fingerprint density at radius 2 is 2.07 bits per heavy atom. The first kappa shape index (κ1) is 22.7. The minimum absolute atomic E-state index is 0.0748. The van der Waals surface area contributed by atoms with Crippen molar-refractivity contribution in [2.24, 2.45) is 11.7 Å². The molecule has 0 unspecified atom stereocenters. The van der Waals surface area contributed by atoms with Crippen molar-refractivity contribution in [2.75, 3.05) is 11.5 Å². The lowest BCUT2D eigenvalue weighted by atomic mass is 10.1. The van der Waals surface area contributed by atoms with Crippen LogP contribution in [0.4, 0.5) is 0 Å². The number of amides is 2. The number of primary amides is 1. The number of nitrogens with one attached hydrogen (secondary N) is 1. The van der Waals surface area contributed by atoms with Crippen molar-refractivity contribution in [1.82, 2.24) is 15.5 Å². The number of carbonyl (C=O) groups is 3. The van der Waals surface area contributed by atoms with E-state index in [1.807, 2.05) is 0 Å². The number of rotatable bonds is 11. The molecule has 0 bridgehead atoms. The summed E-state index contributed by atoms with van der Waals surface area (Å²) in [5.74, 6) is -3.29. The molecule has 0 fully saturated rings. The lowest BCUT2D eigenvalue weighted by molar-refractivity contribution is -0.119. The van der Waals surface area contributed by atoms with Gasteiger partial charge in [-0.05, 0) is 17.4 Å². The largest absolute Gasteiger partial charge is 0.370 e. The standard InChI is InChI=1S/C17H21N4O6S2/c1-10(2)9-29(25,26)6-4-14(23)19-12(7-13(18)22)15(24)16-20-17(27-21-16)11-3-5-28-8-11/h3-5,8,10,12H,6-7,9H2,1-2H3,(H2,18,22)(H,19,23)/t12-/m0/s1. The number of ketones is 1. The number of Topliss-reactive ketones (excluding diaryl/α,β-unsaturated/α-hetero) is 1. The van der Waals surface area contributed by atoms with Crippen LogP contribution >= 0.6 is 11.3 Å². The van der Waals surface area contributed by atoms with Crippen LogP contribution in [-0.2, 0) is 19.4 Å². The Morgan fingerprint density at radius 3 is 2.66 bits per heavy atom. The molecule has 29 heavy (non-hydrogen) atoms. The van der Waals surface area contributed by atoms with Crippen molar-refractivity contribution in [3.63, 3.8) is 0 Å². The quantitative estimate of drug-likeness (QED) is 0.479. The van der Waals surface area contributed by atoms with E-state index in [4.69, 9.17) is 10.3 Å². The van der Waals surface area contributed by atoms with Gasteiger partial charge in [0, 0.05) is 5.38 Å². The zero-order valence-electron chi connectivity index (χ0n) is 15.8. The maximum absolute atomic E-state index is 12.6. The molecule has 2 aromatic rings. The summed E-state index contributed by atoms with van der Waals surface area (Å²) in [6.45, 7) is 3.49. The minimum Gasteiger partial charge on any atom is -0.370 e. The predicted octanol–water partition coefficient (Wildman–Crippen LogP) is 0.616. The van der Waals surface area contributed by atoms with Crippen molar-refractivity contribution in [3.05, 3.63) is 29.1 Å². The Labute approximate surface area is 171 Å². The molecule has 0 saturated heterocycles. The summed E-state index contributed by atoms with van der Waals surface area (Å²) >= 11 is 1.40. The van der Waals surface area contributed by atoms with Crippen LogP contribution in [-0.4, -0.2) is 53.7 Å². The number of hydrogen-bond donors (Lipinski definition) is 2. The Hall–Kier alpha value is -2.60. The maximum Gasteiger partial charge on any atom is 0.259 e. The van der Waals surface area contributed by atoms with Crippen LogP contribution in [0.25, 0.3) is 11.5 Å². The van der Waals surface area contributed by atoms with Crippen LogP contribution in [0.5, 0.6) is 0 Å². The fourth-order valence-corrected chi connectivity index (χ4v) is 4.59. The third-order valence-electron chi connectivity index (χ3n) is 3.56. The normalized spacial score (nSPS) is 12.7. The summed E-state index contributed by atoms with van der Waals surface area (Å²) in [7, 11) is -3.46. The molecule has 0 aliphatic carbocycles. The first-order valence-corrected chi connectivity index (χ1v) is 11.4. The van der Waals surface area contributed by atoms with Gasteiger partial charge in [0.15, 0.2) is 9.84 Å². The summed E-state index contributed by atoms with van der Waals surface area (Å²) < 4.78 is 28.8. The highest BCUT2D eigenvalue weighted by Crippen LogP contribution is 2.20. The summed E-state index contributed by atoms with van der Waals surface area (Å²) in [5.41, 5.74) is 5.78. The second-order valence-corrected chi connectivity index (χ2v) is 9.64. The average molecular weight is 442 g/mol. The molecule has 3 N–H and O–H groups in total. The van der Waals surface area contributed by atoms with E-state index in [-0.39, 0.29) is 23.4 Å². The highest BCUT2D eigenvalue weighted by molar-refractivity contribution is 7.91. The molecule has 0 aliphatic heterocycles. The van der Waals surface area contributed by atoms with Crippen LogP contribution in [0.3, 0.4) is 0 Å². The van der Waals surface area contributed by atoms with E-state index >= 15 is 0 Å². The minimum atomic E-state index is -3.46. The number of thiophene rings is 1. The molecule has 0 saturated carbocycles. The molecule has 2 heterocycles. The molecule has 157 valence electrons. The van der Waals surface area contributed by atoms with Gasteiger partial charge in [0.05, 0.1) is 29.9 Å². The summed E-state index contributed by atoms with van der Waals surface area (Å²) in [6, 6.07) is 0.374. The molecule has 0 aromatic carbocycles. The van der Waals surface area contributed by atoms with E-state index in [1.54, 1.807) is 30.7 Å². The molecule has 2 aromatic heterocycles. The van der Waals surface area contributed by atoms with Gasteiger partial charge in [-0.3, -0.25) is 14.4 Å². The van der Waals surface area contributed by atoms with Crippen LogP contribution < -0.4 is 11.1 Å². The Morgan fingerprint density at radius 1 is 1.34 bits per heavy atom. The number of hydrogen-bond acceptors (Lipinski definition) is 9. The zero-order valence-corrected chi connectivity index (χ0v) is 17.5. The van der Waals surface area contributed by atoms with Crippen molar-refractivity contribution in [1.29, 1.82) is 0 Å². The van der Waals surface area contributed by atoms with Gasteiger partial charge in [-0.25, -0.2) is 8.42 Å². The average Bonchev–Trinajstić information content (AvgIpc) is 3.28. The second-order valence-electron chi connectivity index (χ2n) is 6.71. The lowest BCUT2D eigenvalue weighted by Gasteiger charge is -2.14. The molecule has 10 nitrogen and oxygen atoms in total. The van der Waals surface area contributed by atoms with Gasteiger partial charge >= 0.3 is 0 Å². The predicted molar refractivity (Wildman–Crippen MR) is 105 cm³/mol. The fraction of sp³-hybridized carbons (Fsp3) is 0.412. The summed E-state index contributed by atoms with van der Waals surface area (Å²) in [6.07, 6.45) is 0.408. The second kappa shape index (κ2) is 9.74. The summed E-state index contributed by atoms with van der Waals surface area (Å²) in [5, 5.41) is 9.41.